The zero-order valence-corrected chi connectivity index (χ0v) is 14.5. The highest BCUT2D eigenvalue weighted by atomic mass is 32.2. The van der Waals surface area contributed by atoms with E-state index in [4.69, 9.17) is 0 Å². The summed E-state index contributed by atoms with van der Waals surface area (Å²) in [5.41, 5.74) is 1.83. The third-order valence-corrected chi connectivity index (χ3v) is 4.97. The smallest absolute Gasteiger partial charge is 0.308 e. The van der Waals surface area contributed by atoms with E-state index < -0.39 is 11.9 Å². The number of aromatic nitrogens is 2. The van der Waals surface area contributed by atoms with E-state index >= 15 is 0 Å². The van der Waals surface area contributed by atoms with Crippen LogP contribution < -0.4 is 0 Å². The molecule has 0 spiro atoms. The lowest BCUT2D eigenvalue weighted by Gasteiger charge is -2.31. The van der Waals surface area contributed by atoms with E-state index in [0.717, 1.165) is 29.0 Å². The van der Waals surface area contributed by atoms with Crippen molar-refractivity contribution in [1.82, 2.24) is 14.5 Å². The van der Waals surface area contributed by atoms with Gasteiger partial charge in [0, 0.05) is 13.1 Å². The van der Waals surface area contributed by atoms with E-state index in [-0.39, 0.29) is 12.5 Å². The van der Waals surface area contributed by atoms with Crippen LogP contribution in [0.1, 0.15) is 18.7 Å². The summed E-state index contributed by atoms with van der Waals surface area (Å²) < 4.78 is 1.96. The van der Waals surface area contributed by atoms with Gasteiger partial charge in [-0.2, -0.15) is 11.8 Å². The fraction of sp³-hybridized carbons (Fsp3) is 0.471. The van der Waals surface area contributed by atoms with Gasteiger partial charge in [-0.25, -0.2) is 4.98 Å². The molecular weight excluding hydrogens is 326 g/mol. The van der Waals surface area contributed by atoms with Crippen LogP contribution in [0.2, 0.25) is 0 Å². The molecule has 1 atom stereocenters. The first kappa shape index (κ1) is 16.8. The molecule has 1 amide bonds. The molecule has 0 saturated carbocycles. The first-order chi connectivity index (χ1) is 11.6. The van der Waals surface area contributed by atoms with Gasteiger partial charge in [-0.1, -0.05) is 12.1 Å². The van der Waals surface area contributed by atoms with Crippen LogP contribution in [0.5, 0.6) is 0 Å². The maximum atomic E-state index is 12.7. The number of imidazole rings is 1. The molecule has 0 bridgehead atoms. The van der Waals surface area contributed by atoms with E-state index in [2.05, 4.69) is 4.98 Å². The number of carboxylic acids is 1. The molecule has 1 saturated heterocycles. The molecule has 6 nitrogen and oxygen atoms in total. The van der Waals surface area contributed by atoms with Crippen LogP contribution >= 0.6 is 11.8 Å². The van der Waals surface area contributed by atoms with Gasteiger partial charge in [0.05, 0.1) is 22.7 Å². The summed E-state index contributed by atoms with van der Waals surface area (Å²) in [6.07, 6.45) is 3.39. The first-order valence-electron chi connectivity index (χ1n) is 8.04. The monoisotopic (exact) mass is 347 g/mol. The Morgan fingerprint density at radius 2 is 2.17 bits per heavy atom. The predicted octanol–water partition coefficient (Wildman–Crippen LogP) is 2.22. The second-order valence-corrected chi connectivity index (χ2v) is 6.92. The minimum atomic E-state index is -0.816. The minimum Gasteiger partial charge on any atom is -0.481 e. The molecule has 7 heteroatoms. The average molecular weight is 347 g/mol. The number of hydrogen-bond acceptors (Lipinski definition) is 4. The molecule has 3 rings (SSSR count). The maximum absolute atomic E-state index is 12.7. The molecule has 2 aromatic rings. The van der Waals surface area contributed by atoms with Gasteiger partial charge in [-0.05, 0) is 31.2 Å². The van der Waals surface area contributed by atoms with Crippen LogP contribution in [0.4, 0.5) is 0 Å². The van der Waals surface area contributed by atoms with Gasteiger partial charge >= 0.3 is 5.97 Å². The van der Waals surface area contributed by atoms with Crippen molar-refractivity contribution in [2.45, 2.75) is 25.1 Å². The van der Waals surface area contributed by atoms with Crippen LogP contribution in [0.3, 0.4) is 0 Å². The number of nitrogens with zero attached hydrogens (tertiary/aromatic N) is 3. The summed E-state index contributed by atoms with van der Waals surface area (Å²) in [6, 6.07) is 7.79. The lowest BCUT2D eigenvalue weighted by molar-refractivity contribution is -0.145. The van der Waals surface area contributed by atoms with Gasteiger partial charge in [0.2, 0.25) is 5.91 Å². The van der Waals surface area contributed by atoms with Crippen molar-refractivity contribution in [2.24, 2.45) is 5.92 Å². The Kier molecular flexibility index (Phi) is 5.08. The van der Waals surface area contributed by atoms with Gasteiger partial charge in [-0.15, -0.1) is 0 Å². The Balaban J connectivity index is 1.82. The molecule has 1 fully saturated rings. The molecule has 128 valence electrons. The standard InChI is InChI=1S/C17H21N3O3S/c1-24-11-15-18-13-6-2-3-7-14(13)20(15)10-16(21)19-8-4-5-12(9-19)17(22)23/h2-3,6-7,12H,4-5,8-11H2,1H3,(H,22,23)/t12-/m1/s1. The lowest BCUT2D eigenvalue weighted by atomic mass is 9.98. The predicted molar refractivity (Wildman–Crippen MR) is 93.9 cm³/mol. The molecule has 1 aromatic carbocycles. The Morgan fingerprint density at radius 3 is 2.92 bits per heavy atom. The summed E-state index contributed by atoms with van der Waals surface area (Å²) in [6.45, 7) is 1.15. The maximum Gasteiger partial charge on any atom is 0.308 e. The average Bonchev–Trinajstić information content (AvgIpc) is 2.93. The number of carboxylic acid groups (broad SMARTS) is 1. The number of piperidine rings is 1. The van der Waals surface area contributed by atoms with E-state index in [1.165, 1.54) is 0 Å². The number of carbonyl (C=O) groups excluding carboxylic acids is 1. The zero-order chi connectivity index (χ0) is 17.1. The number of hydrogen-bond donors (Lipinski definition) is 1. The lowest BCUT2D eigenvalue weighted by Crippen LogP contribution is -2.43. The van der Waals surface area contributed by atoms with Crippen LogP contribution in [-0.2, 0) is 21.9 Å². The quantitative estimate of drug-likeness (QED) is 0.898. The van der Waals surface area contributed by atoms with Crippen molar-refractivity contribution >= 4 is 34.7 Å². The molecule has 0 unspecified atom stereocenters. The molecule has 1 aliphatic heterocycles. The van der Waals surface area contributed by atoms with Crippen molar-refractivity contribution in [1.29, 1.82) is 0 Å². The summed E-state index contributed by atoms with van der Waals surface area (Å²) in [5.74, 6) is 0.312. The third kappa shape index (κ3) is 3.40. The van der Waals surface area contributed by atoms with Gasteiger partial charge in [0.25, 0.3) is 0 Å². The number of aliphatic carboxylic acids is 1. The molecule has 24 heavy (non-hydrogen) atoms. The summed E-state index contributed by atoms with van der Waals surface area (Å²) in [7, 11) is 0. The number of amides is 1. The highest BCUT2D eigenvalue weighted by Crippen LogP contribution is 2.21. The Morgan fingerprint density at radius 1 is 1.38 bits per heavy atom. The Hall–Kier alpha value is -2.02. The number of para-hydroxylation sites is 2. The summed E-state index contributed by atoms with van der Waals surface area (Å²) in [5, 5.41) is 9.19. The number of carbonyl (C=O) groups is 2. The zero-order valence-electron chi connectivity index (χ0n) is 13.6. The highest BCUT2D eigenvalue weighted by Gasteiger charge is 2.28. The molecule has 0 radical (unpaired) electrons. The number of rotatable bonds is 5. The SMILES string of the molecule is CSCc1nc2ccccc2n1CC(=O)N1CCC[C@@H](C(=O)O)C1. The van der Waals surface area contributed by atoms with Crippen LogP contribution in [-0.4, -0.2) is 50.8 Å². The first-order valence-corrected chi connectivity index (χ1v) is 9.43. The van der Waals surface area contributed by atoms with Crippen molar-refractivity contribution in [3.63, 3.8) is 0 Å². The highest BCUT2D eigenvalue weighted by molar-refractivity contribution is 7.97. The Bertz CT molecular complexity index is 759. The van der Waals surface area contributed by atoms with Gasteiger partial charge in [0.1, 0.15) is 12.4 Å². The fourth-order valence-corrected chi connectivity index (χ4v) is 3.66. The van der Waals surface area contributed by atoms with E-state index in [0.29, 0.717) is 19.5 Å². The second kappa shape index (κ2) is 7.25. The topological polar surface area (TPSA) is 75.4 Å². The van der Waals surface area contributed by atoms with Crippen molar-refractivity contribution in [3.8, 4) is 0 Å². The summed E-state index contributed by atoms with van der Waals surface area (Å²) >= 11 is 1.67. The van der Waals surface area contributed by atoms with Crippen LogP contribution in [0.15, 0.2) is 24.3 Å². The van der Waals surface area contributed by atoms with Crippen molar-refractivity contribution in [2.75, 3.05) is 19.3 Å². The van der Waals surface area contributed by atoms with Crippen LogP contribution in [0, 0.1) is 5.92 Å². The van der Waals surface area contributed by atoms with Gasteiger partial charge < -0.3 is 14.6 Å². The minimum absolute atomic E-state index is 0.0357. The van der Waals surface area contributed by atoms with Crippen molar-refractivity contribution < 1.29 is 14.7 Å². The van der Waals surface area contributed by atoms with Gasteiger partial charge in [-0.3, -0.25) is 9.59 Å². The summed E-state index contributed by atoms with van der Waals surface area (Å²) in [4.78, 5) is 30.2. The number of thioether (sulfide) groups is 1. The van der Waals surface area contributed by atoms with E-state index in [1.54, 1.807) is 16.7 Å². The molecular formula is C17H21N3O3S. The Labute approximate surface area is 144 Å². The number of benzene rings is 1. The number of fused-ring (bicyclic) bond motifs is 1. The van der Waals surface area contributed by atoms with E-state index in [1.807, 2.05) is 35.1 Å². The van der Waals surface area contributed by atoms with Crippen LogP contribution in [0.25, 0.3) is 11.0 Å². The molecule has 1 aliphatic rings. The molecule has 1 aromatic heterocycles. The molecule has 2 heterocycles. The van der Waals surface area contributed by atoms with Gasteiger partial charge in [0.15, 0.2) is 0 Å². The second-order valence-electron chi connectivity index (χ2n) is 6.05. The fourth-order valence-electron chi connectivity index (χ4n) is 3.18. The van der Waals surface area contributed by atoms with E-state index in [9.17, 15) is 14.7 Å². The third-order valence-electron chi connectivity index (χ3n) is 4.42. The molecule has 0 aliphatic carbocycles. The largest absolute Gasteiger partial charge is 0.481 e. The normalized spacial score (nSPS) is 18.0. The number of likely N-dealkylation sites (tertiary alicyclic amines) is 1. The van der Waals surface area contributed by atoms with Crippen molar-refractivity contribution in [3.05, 3.63) is 30.1 Å². The molecule has 1 N–H and O–H groups in total.